The van der Waals surface area contributed by atoms with Gasteiger partial charge in [0.25, 0.3) is 0 Å². The zero-order valence-corrected chi connectivity index (χ0v) is 18.0. The van der Waals surface area contributed by atoms with Crippen LogP contribution in [0.5, 0.6) is 5.75 Å². The molecular formula is C20H35N3O3S. The van der Waals surface area contributed by atoms with E-state index in [4.69, 9.17) is 4.74 Å². The van der Waals surface area contributed by atoms with Gasteiger partial charge < -0.3 is 15.0 Å². The number of hydrogen-bond acceptors (Lipinski definition) is 5. The van der Waals surface area contributed by atoms with E-state index in [9.17, 15) is 8.42 Å². The predicted molar refractivity (Wildman–Crippen MR) is 111 cm³/mol. The molecule has 1 N–H and O–H groups in total. The first-order valence-corrected chi connectivity index (χ1v) is 11.7. The van der Waals surface area contributed by atoms with Gasteiger partial charge in [0, 0.05) is 32.7 Å². The van der Waals surface area contributed by atoms with E-state index < -0.39 is 10.0 Å². The number of benzene rings is 1. The van der Waals surface area contributed by atoms with Gasteiger partial charge in [-0.2, -0.15) is 4.31 Å². The van der Waals surface area contributed by atoms with E-state index in [2.05, 4.69) is 43.1 Å². The van der Waals surface area contributed by atoms with Gasteiger partial charge in [0.15, 0.2) is 0 Å². The van der Waals surface area contributed by atoms with Crippen LogP contribution in [0, 0.1) is 12.8 Å². The van der Waals surface area contributed by atoms with Crippen molar-refractivity contribution < 1.29 is 13.2 Å². The first-order chi connectivity index (χ1) is 12.8. The van der Waals surface area contributed by atoms with Gasteiger partial charge in [-0.15, -0.1) is 0 Å². The third-order valence-corrected chi connectivity index (χ3v) is 6.22. The second kappa shape index (κ2) is 10.4. The lowest BCUT2D eigenvalue weighted by atomic mass is 10.1. The van der Waals surface area contributed by atoms with Crippen LogP contribution in [0.4, 0.5) is 0 Å². The highest BCUT2D eigenvalue weighted by atomic mass is 32.2. The summed E-state index contributed by atoms with van der Waals surface area (Å²) in [5, 5.41) is 3.52. The van der Waals surface area contributed by atoms with E-state index in [1.54, 1.807) is 4.31 Å². The Hall–Kier alpha value is -1.15. The first kappa shape index (κ1) is 22.1. The minimum absolute atomic E-state index is 0.519. The summed E-state index contributed by atoms with van der Waals surface area (Å²) < 4.78 is 30.5. The number of nitrogens with zero attached hydrogens (tertiary/aromatic N) is 2. The summed E-state index contributed by atoms with van der Waals surface area (Å²) in [4.78, 5) is 2.34. The average Bonchev–Trinajstić information content (AvgIpc) is 2.61. The summed E-state index contributed by atoms with van der Waals surface area (Å²) in [6.45, 7) is 12.8. The summed E-state index contributed by atoms with van der Waals surface area (Å²) in [6, 6.07) is 6.24. The van der Waals surface area contributed by atoms with Crippen LogP contribution in [0.2, 0.25) is 0 Å². The first-order valence-electron chi connectivity index (χ1n) is 9.87. The smallest absolute Gasteiger partial charge is 0.211 e. The molecule has 2 rings (SSSR count). The van der Waals surface area contributed by atoms with Gasteiger partial charge in [-0.3, -0.25) is 0 Å². The molecular weight excluding hydrogens is 362 g/mol. The molecule has 1 aromatic rings. The van der Waals surface area contributed by atoms with E-state index in [0.29, 0.717) is 19.0 Å². The molecule has 1 fully saturated rings. The molecule has 154 valence electrons. The molecule has 1 aliphatic heterocycles. The zero-order valence-electron chi connectivity index (χ0n) is 17.2. The molecule has 0 aromatic heterocycles. The Morgan fingerprint density at radius 1 is 1.19 bits per heavy atom. The van der Waals surface area contributed by atoms with Crippen LogP contribution in [-0.2, 0) is 16.6 Å². The van der Waals surface area contributed by atoms with Crippen molar-refractivity contribution in [3.05, 3.63) is 29.3 Å². The van der Waals surface area contributed by atoms with Gasteiger partial charge in [-0.25, -0.2) is 8.42 Å². The van der Waals surface area contributed by atoms with Gasteiger partial charge in [0.05, 0.1) is 12.9 Å². The van der Waals surface area contributed by atoms with Gasteiger partial charge in [-0.05, 0) is 49.5 Å². The number of piperazine rings is 1. The Kier molecular flexibility index (Phi) is 8.54. The zero-order chi connectivity index (χ0) is 19.9. The SMILES string of the molecule is Cc1c(CNCCCN2CCN(S(C)(=O)=O)CC2)cccc1OCC(C)C. The largest absolute Gasteiger partial charge is 0.493 e. The molecule has 0 bridgehead atoms. The Morgan fingerprint density at radius 3 is 2.52 bits per heavy atom. The van der Waals surface area contributed by atoms with Crippen molar-refractivity contribution in [2.24, 2.45) is 5.92 Å². The summed E-state index contributed by atoms with van der Waals surface area (Å²) >= 11 is 0. The van der Waals surface area contributed by atoms with Gasteiger partial charge in [-0.1, -0.05) is 26.0 Å². The minimum Gasteiger partial charge on any atom is -0.493 e. The molecule has 0 spiro atoms. The number of ether oxygens (including phenoxy) is 1. The fraction of sp³-hybridized carbons (Fsp3) is 0.700. The highest BCUT2D eigenvalue weighted by molar-refractivity contribution is 7.88. The Labute approximate surface area is 164 Å². The summed E-state index contributed by atoms with van der Waals surface area (Å²) in [5.74, 6) is 1.50. The fourth-order valence-corrected chi connectivity index (χ4v) is 4.03. The molecule has 1 saturated heterocycles. The lowest BCUT2D eigenvalue weighted by Gasteiger charge is -2.33. The number of nitrogens with one attached hydrogen (secondary N) is 1. The molecule has 7 heteroatoms. The molecule has 0 radical (unpaired) electrons. The van der Waals surface area contributed by atoms with E-state index in [0.717, 1.165) is 51.5 Å². The Balaban J connectivity index is 1.67. The van der Waals surface area contributed by atoms with Crippen LogP contribution >= 0.6 is 0 Å². The van der Waals surface area contributed by atoms with Crippen LogP contribution in [0.3, 0.4) is 0 Å². The van der Waals surface area contributed by atoms with E-state index in [1.807, 2.05) is 6.07 Å². The molecule has 0 atom stereocenters. The summed E-state index contributed by atoms with van der Waals surface area (Å²) in [5.41, 5.74) is 2.49. The van der Waals surface area contributed by atoms with E-state index in [1.165, 1.54) is 17.4 Å². The summed E-state index contributed by atoms with van der Waals surface area (Å²) in [6.07, 6.45) is 2.35. The maximum Gasteiger partial charge on any atom is 0.211 e. The van der Waals surface area contributed by atoms with Crippen molar-refractivity contribution in [2.75, 3.05) is 52.1 Å². The lowest BCUT2D eigenvalue weighted by molar-refractivity contribution is 0.187. The van der Waals surface area contributed by atoms with Gasteiger partial charge >= 0.3 is 0 Å². The number of rotatable bonds is 10. The maximum absolute atomic E-state index is 11.5. The lowest BCUT2D eigenvalue weighted by Crippen LogP contribution is -2.48. The quantitative estimate of drug-likeness (QED) is 0.613. The monoisotopic (exact) mass is 397 g/mol. The number of sulfonamides is 1. The van der Waals surface area contributed by atoms with Crippen molar-refractivity contribution in [1.82, 2.24) is 14.5 Å². The van der Waals surface area contributed by atoms with Crippen LogP contribution in [0.1, 0.15) is 31.4 Å². The normalized spacial score (nSPS) is 16.8. The highest BCUT2D eigenvalue weighted by Gasteiger charge is 2.22. The molecule has 27 heavy (non-hydrogen) atoms. The van der Waals surface area contributed by atoms with Crippen LogP contribution in [-0.4, -0.2) is 69.8 Å². The molecule has 1 heterocycles. The fourth-order valence-electron chi connectivity index (χ4n) is 3.20. The molecule has 0 unspecified atom stereocenters. The van der Waals surface area contributed by atoms with Crippen molar-refractivity contribution in [2.45, 2.75) is 33.7 Å². The molecule has 1 aromatic carbocycles. The predicted octanol–water partition coefficient (Wildman–Crippen LogP) is 2.09. The molecule has 1 aliphatic rings. The summed E-state index contributed by atoms with van der Waals surface area (Å²) in [7, 11) is -3.04. The van der Waals surface area contributed by atoms with Crippen LogP contribution in [0.25, 0.3) is 0 Å². The minimum atomic E-state index is -3.04. The van der Waals surface area contributed by atoms with Crippen molar-refractivity contribution in [1.29, 1.82) is 0 Å². The molecule has 6 nitrogen and oxygen atoms in total. The average molecular weight is 398 g/mol. The van der Waals surface area contributed by atoms with Crippen molar-refractivity contribution in [3.8, 4) is 5.75 Å². The van der Waals surface area contributed by atoms with Crippen LogP contribution < -0.4 is 10.1 Å². The third kappa shape index (κ3) is 7.41. The van der Waals surface area contributed by atoms with E-state index in [-0.39, 0.29) is 0 Å². The van der Waals surface area contributed by atoms with Gasteiger partial charge in [0.2, 0.25) is 10.0 Å². The van der Waals surface area contributed by atoms with Crippen LogP contribution in [0.15, 0.2) is 18.2 Å². The highest BCUT2D eigenvalue weighted by Crippen LogP contribution is 2.22. The van der Waals surface area contributed by atoms with E-state index >= 15 is 0 Å². The standard InChI is InChI=1S/C20H35N3O3S/c1-17(2)16-26-20-8-5-7-19(18(20)3)15-21-9-6-10-22-11-13-23(14-12-22)27(4,24)25/h5,7-8,17,21H,6,9-16H2,1-4H3. The topological polar surface area (TPSA) is 61.9 Å². The van der Waals surface area contributed by atoms with Gasteiger partial charge in [0.1, 0.15) is 5.75 Å². The van der Waals surface area contributed by atoms with Crippen molar-refractivity contribution in [3.63, 3.8) is 0 Å². The molecule has 0 saturated carbocycles. The third-order valence-electron chi connectivity index (χ3n) is 4.91. The molecule has 0 aliphatic carbocycles. The second-order valence-corrected chi connectivity index (χ2v) is 9.76. The Bertz CT molecular complexity index is 684. The molecule has 0 amide bonds. The van der Waals surface area contributed by atoms with Crippen molar-refractivity contribution >= 4 is 10.0 Å². The number of hydrogen-bond donors (Lipinski definition) is 1. The second-order valence-electron chi connectivity index (χ2n) is 7.78. The maximum atomic E-state index is 11.5. The Morgan fingerprint density at radius 2 is 1.89 bits per heavy atom.